The van der Waals surface area contributed by atoms with E-state index in [0.717, 1.165) is 11.8 Å². The van der Waals surface area contributed by atoms with Crippen molar-refractivity contribution in [2.75, 3.05) is 0 Å². The Hall–Kier alpha value is -0.260. The molecule has 2 unspecified atom stereocenters. The molecule has 0 saturated heterocycles. The Bertz CT molecular complexity index is 165. The van der Waals surface area contributed by atoms with E-state index in [4.69, 9.17) is 0 Å². The summed E-state index contributed by atoms with van der Waals surface area (Å²) < 4.78 is 0. The lowest BCUT2D eigenvalue weighted by molar-refractivity contribution is 0.414. The molecule has 0 aliphatic heterocycles. The van der Waals surface area contributed by atoms with Crippen molar-refractivity contribution in [2.45, 2.75) is 47.0 Å². The molecule has 1 aliphatic rings. The van der Waals surface area contributed by atoms with Crippen molar-refractivity contribution in [3.05, 3.63) is 11.1 Å². The van der Waals surface area contributed by atoms with Crippen LogP contribution in [0.5, 0.6) is 0 Å². The molecule has 0 saturated carbocycles. The van der Waals surface area contributed by atoms with Gasteiger partial charge in [-0.25, -0.2) is 0 Å². The monoisotopic (exact) mass is 152 g/mol. The molecule has 0 fully saturated rings. The summed E-state index contributed by atoms with van der Waals surface area (Å²) in [7, 11) is 0. The molecule has 1 aliphatic carbocycles. The number of hydrogen-bond donors (Lipinski definition) is 0. The highest BCUT2D eigenvalue weighted by molar-refractivity contribution is 5.20. The third kappa shape index (κ3) is 1.66. The summed E-state index contributed by atoms with van der Waals surface area (Å²) in [5.41, 5.74) is 3.33. The Morgan fingerprint density at radius 1 is 1.36 bits per heavy atom. The van der Waals surface area contributed by atoms with Crippen LogP contribution in [0.2, 0.25) is 0 Å². The predicted molar refractivity (Wildman–Crippen MR) is 50.6 cm³/mol. The zero-order chi connectivity index (χ0) is 8.43. The van der Waals surface area contributed by atoms with E-state index in [1.165, 1.54) is 19.3 Å². The van der Waals surface area contributed by atoms with Crippen molar-refractivity contribution in [3.8, 4) is 0 Å². The zero-order valence-corrected chi connectivity index (χ0v) is 8.28. The maximum atomic E-state index is 2.39. The summed E-state index contributed by atoms with van der Waals surface area (Å²) in [6.07, 6.45) is 4.07. The molecule has 0 bridgehead atoms. The predicted octanol–water partition coefficient (Wildman–Crippen LogP) is 3.78. The van der Waals surface area contributed by atoms with E-state index in [-0.39, 0.29) is 0 Å². The van der Waals surface area contributed by atoms with Crippen LogP contribution in [0.25, 0.3) is 0 Å². The Kier molecular flexibility index (Phi) is 2.75. The maximum Gasteiger partial charge on any atom is -0.0175 e. The third-order valence-corrected chi connectivity index (χ3v) is 3.14. The zero-order valence-electron chi connectivity index (χ0n) is 8.28. The topological polar surface area (TPSA) is 0 Å². The van der Waals surface area contributed by atoms with Crippen molar-refractivity contribution in [2.24, 2.45) is 11.8 Å². The van der Waals surface area contributed by atoms with E-state index in [1.54, 1.807) is 11.1 Å². The first kappa shape index (κ1) is 8.83. The van der Waals surface area contributed by atoms with Crippen LogP contribution >= 0.6 is 0 Å². The molecule has 0 aromatic carbocycles. The van der Waals surface area contributed by atoms with Gasteiger partial charge in [-0.15, -0.1) is 0 Å². The average molecular weight is 152 g/mol. The fourth-order valence-corrected chi connectivity index (χ4v) is 2.34. The molecular weight excluding hydrogens is 132 g/mol. The molecule has 2 atom stereocenters. The van der Waals surface area contributed by atoms with Crippen LogP contribution in [0, 0.1) is 11.8 Å². The summed E-state index contributed by atoms with van der Waals surface area (Å²) >= 11 is 0. The molecule has 64 valence electrons. The summed E-state index contributed by atoms with van der Waals surface area (Å²) in [5, 5.41) is 0. The molecule has 0 aromatic rings. The van der Waals surface area contributed by atoms with Gasteiger partial charge in [-0.2, -0.15) is 0 Å². The lowest BCUT2D eigenvalue weighted by Gasteiger charge is -2.16. The van der Waals surface area contributed by atoms with Gasteiger partial charge in [0.1, 0.15) is 0 Å². The molecular formula is C11H20. The van der Waals surface area contributed by atoms with Crippen molar-refractivity contribution in [3.63, 3.8) is 0 Å². The first-order valence-corrected chi connectivity index (χ1v) is 4.83. The summed E-state index contributed by atoms with van der Waals surface area (Å²) in [6, 6.07) is 0. The van der Waals surface area contributed by atoms with E-state index in [0.29, 0.717) is 0 Å². The van der Waals surface area contributed by atoms with Crippen molar-refractivity contribution in [1.29, 1.82) is 0 Å². The molecule has 0 radical (unpaired) electrons. The van der Waals surface area contributed by atoms with Gasteiger partial charge in [-0.1, -0.05) is 31.4 Å². The Labute approximate surface area is 70.7 Å². The number of rotatable bonds is 2. The van der Waals surface area contributed by atoms with Crippen LogP contribution in [0.15, 0.2) is 11.1 Å². The number of allylic oxidation sites excluding steroid dienone is 2. The minimum absolute atomic E-state index is 0.903. The summed E-state index contributed by atoms with van der Waals surface area (Å²) in [4.78, 5) is 0. The lowest BCUT2D eigenvalue weighted by Crippen LogP contribution is -2.05. The molecule has 0 aromatic heterocycles. The Morgan fingerprint density at radius 3 is 2.36 bits per heavy atom. The fourth-order valence-electron chi connectivity index (χ4n) is 2.34. The average Bonchev–Trinajstić information content (AvgIpc) is 2.17. The fraction of sp³-hybridized carbons (Fsp3) is 0.818. The molecule has 11 heavy (non-hydrogen) atoms. The van der Waals surface area contributed by atoms with Gasteiger partial charge < -0.3 is 0 Å². The second kappa shape index (κ2) is 3.42. The highest BCUT2D eigenvalue weighted by atomic mass is 14.3. The maximum absolute atomic E-state index is 2.39. The molecule has 0 nitrogen and oxygen atoms in total. The van der Waals surface area contributed by atoms with Gasteiger partial charge in [0.2, 0.25) is 0 Å². The standard InChI is InChI=1S/C11H20/c1-5-6-11-9(3)7-8(2)10(11)4/h9,11H,5-7H2,1-4H3. The van der Waals surface area contributed by atoms with Crippen molar-refractivity contribution >= 4 is 0 Å². The molecule has 0 heterocycles. The molecule has 0 spiro atoms. The van der Waals surface area contributed by atoms with Crippen LogP contribution in [-0.2, 0) is 0 Å². The molecule has 1 rings (SSSR count). The summed E-state index contributed by atoms with van der Waals surface area (Å²) in [5.74, 6) is 1.81. The van der Waals surface area contributed by atoms with E-state index in [2.05, 4.69) is 27.7 Å². The quantitative estimate of drug-likeness (QED) is 0.528. The minimum Gasteiger partial charge on any atom is -0.0738 e. The van der Waals surface area contributed by atoms with Gasteiger partial charge in [-0.05, 0) is 38.5 Å². The van der Waals surface area contributed by atoms with Crippen molar-refractivity contribution < 1.29 is 0 Å². The largest absolute Gasteiger partial charge is 0.0738 e. The smallest absolute Gasteiger partial charge is 0.0175 e. The third-order valence-electron chi connectivity index (χ3n) is 3.14. The second-order valence-electron chi connectivity index (χ2n) is 4.04. The first-order valence-electron chi connectivity index (χ1n) is 4.83. The lowest BCUT2D eigenvalue weighted by atomic mass is 9.89. The Morgan fingerprint density at radius 2 is 2.00 bits per heavy atom. The van der Waals surface area contributed by atoms with E-state index in [1.807, 2.05) is 0 Å². The van der Waals surface area contributed by atoms with Crippen LogP contribution in [-0.4, -0.2) is 0 Å². The molecule has 0 N–H and O–H groups in total. The normalized spacial score (nSPS) is 31.6. The Balaban J connectivity index is 2.63. The summed E-state index contributed by atoms with van der Waals surface area (Å²) in [6.45, 7) is 9.29. The van der Waals surface area contributed by atoms with Crippen LogP contribution in [0.1, 0.15) is 47.0 Å². The van der Waals surface area contributed by atoms with E-state index >= 15 is 0 Å². The van der Waals surface area contributed by atoms with Gasteiger partial charge in [0.25, 0.3) is 0 Å². The van der Waals surface area contributed by atoms with Gasteiger partial charge in [0, 0.05) is 0 Å². The highest BCUT2D eigenvalue weighted by Crippen LogP contribution is 2.38. The number of hydrogen-bond acceptors (Lipinski definition) is 0. The van der Waals surface area contributed by atoms with Gasteiger partial charge >= 0.3 is 0 Å². The van der Waals surface area contributed by atoms with Gasteiger partial charge in [0.15, 0.2) is 0 Å². The van der Waals surface area contributed by atoms with Crippen LogP contribution in [0.4, 0.5) is 0 Å². The van der Waals surface area contributed by atoms with Gasteiger partial charge in [-0.3, -0.25) is 0 Å². The SMILES string of the molecule is CCCC1C(C)=C(C)CC1C. The minimum atomic E-state index is 0.903. The highest BCUT2D eigenvalue weighted by Gasteiger charge is 2.25. The molecule has 0 amide bonds. The van der Waals surface area contributed by atoms with Crippen molar-refractivity contribution in [1.82, 2.24) is 0 Å². The molecule has 0 heteroatoms. The van der Waals surface area contributed by atoms with Gasteiger partial charge in [0.05, 0.1) is 0 Å². The van der Waals surface area contributed by atoms with E-state index < -0.39 is 0 Å². The second-order valence-corrected chi connectivity index (χ2v) is 4.04. The van der Waals surface area contributed by atoms with E-state index in [9.17, 15) is 0 Å². The first-order chi connectivity index (χ1) is 5.16. The van der Waals surface area contributed by atoms with Crippen LogP contribution in [0.3, 0.4) is 0 Å². The van der Waals surface area contributed by atoms with Crippen LogP contribution < -0.4 is 0 Å².